The maximum Gasteiger partial charge on any atom is 0.350 e. The maximum atomic E-state index is 13.1. The molecule has 0 radical (unpaired) electrons. The monoisotopic (exact) mass is 366 g/mol. The molecule has 0 N–H and O–H groups in total. The summed E-state index contributed by atoms with van der Waals surface area (Å²) in [5, 5.41) is 5.05. The first-order valence-electron chi connectivity index (χ1n) is 8.03. The summed E-state index contributed by atoms with van der Waals surface area (Å²) in [7, 11) is 0. The van der Waals surface area contributed by atoms with Crippen LogP contribution >= 0.6 is 11.8 Å². The minimum atomic E-state index is -0.292. The van der Waals surface area contributed by atoms with Gasteiger partial charge in [0.15, 0.2) is 5.65 Å². The Hall–Kier alpha value is -2.93. The number of nitrogens with zero attached hydrogens (tertiary/aromatic N) is 4. The lowest BCUT2D eigenvalue weighted by atomic mass is 10.1. The molecule has 4 rings (SSSR count). The van der Waals surface area contributed by atoms with Crippen LogP contribution in [0.1, 0.15) is 11.1 Å². The second-order valence-electron chi connectivity index (χ2n) is 5.91. The minimum Gasteiger partial charge on any atom is -0.246 e. The van der Waals surface area contributed by atoms with E-state index in [0.717, 1.165) is 10.5 Å². The van der Waals surface area contributed by atoms with Crippen molar-refractivity contribution < 1.29 is 4.39 Å². The molecule has 0 saturated heterocycles. The van der Waals surface area contributed by atoms with E-state index in [1.807, 2.05) is 31.2 Å². The number of aryl methyl sites for hydroxylation is 1. The van der Waals surface area contributed by atoms with Crippen molar-refractivity contribution in [3.63, 3.8) is 0 Å². The fourth-order valence-electron chi connectivity index (χ4n) is 2.58. The fraction of sp³-hybridized carbons (Fsp3) is 0.105. The SMILES string of the molecule is Cc1ccc(Cn2nc3c(Sc4ccc(F)cc4)nccn3c2=O)cc1. The highest BCUT2D eigenvalue weighted by molar-refractivity contribution is 7.99. The minimum absolute atomic E-state index is 0.219. The number of fused-ring (bicyclic) bond motifs is 1. The molecule has 4 aromatic rings. The first-order chi connectivity index (χ1) is 12.6. The third-order valence-electron chi connectivity index (χ3n) is 3.95. The zero-order valence-corrected chi connectivity index (χ0v) is 14.8. The molecule has 0 saturated carbocycles. The zero-order chi connectivity index (χ0) is 18.1. The number of hydrogen-bond donors (Lipinski definition) is 0. The summed E-state index contributed by atoms with van der Waals surface area (Å²) in [4.78, 5) is 17.8. The van der Waals surface area contributed by atoms with E-state index < -0.39 is 0 Å². The van der Waals surface area contributed by atoms with Crippen LogP contribution in [0.15, 0.2) is 75.6 Å². The molecule has 0 atom stereocenters. The lowest BCUT2D eigenvalue weighted by molar-refractivity contribution is 0.626. The van der Waals surface area contributed by atoms with Gasteiger partial charge in [-0.15, -0.1) is 5.10 Å². The van der Waals surface area contributed by atoms with Crippen LogP contribution in [-0.4, -0.2) is 19.2 Å². The summed E-state index contributed by atoms with van der Waals surface area (Å²) in [5.74, 6) is -0.292. The molecule has 7 heteroatoms. The van der Waals surface area contributed by atoms with E-state index in [4.69, 9.17) is 0 Å². The van der Waals surface area contributed by atoms with E-state index in [0.29, 0.717) is 17.2 Å². The Kier molecular flexibility index (Phi) is 4.30. The molecule has 0 aliphatic heterocycles. The molecule has 2 aromatic carbocycles. The van der Waals surface area contributed by atoms with Gasteiger partial charge in [0.1, 0.15) is 10.8 Å². The predicted molar refractivity (Wildman–Crippen MR) is 98.1 cm³/mol. The first-order valence-corrected chi connectivity index (χ1v) is 8.85. The van der Waals surface area contributed by atoms with Crippen LogP contribution in [-0.2, 0) is 6.54 Å². The molecule has 2 aromatic heterocycles. The molecule has 5 nitrogen and oxygen atoms in total. The average Bonchev–Trinajstić information content (AvgIpc) is 2.96. The van der Waals surface area contributed by atoms with Gasteiger partial charge in [0, 0.05) is 17.3 Å². The lowest BCUT2D eigenvalue weighted by Crippen LogP contribution is -2.21. The van der Waals surface area contributed by atoms with Gasteiger partial charge in [-0.2, -0.15) is 0 Å². The molecule has 2 heterocycles. The van der Waals surface area contributed by atoms with E-state index in [1.54, 1.807) is 24.5 Å². The maximum absolute atomic E-state index is 13.1. The zero-order valence-electron chi connectivity index (χ0n) is 14.0. The van der Waals surface area contributed by atoms with E-state index >= 15 is 0 Å². The van der Waals surface area contributed by atoms with Crippen molar-refractivity contribution in [2.75, 3.05) is 0 Å². The summed E-state index contributed by atoms with van der Waals surface area (Å²) < 4.78 is 16.0. The van der Waals surface area contributed by atoms with E-state index in [2.05, 4.69) is 10.1 Å². The van der Waals surface area contributed by atoms with E-state index in [-0.39, 0.29) is 11.5 Å². The van der Waals surface area contributed by atoms with E-state index in [1.165, 1.54) is 38.5 Å². The second kappa shape index (κ2) is 6.76. The molecule has 0 spiro atoms. The quantitative estimate of drug-likeness (QED) is 0.554. The number of halogens is 1. The normalized spacial score (nSPS) is 11.2. The van der Waals surface area contributed by atoms with Crippen molar-refractivity contribution in [2.45, 2.75) is 23.4 Å². The molecule has 0 aliphatic rings. The summed E-state index contributed by atoms with van der Waals surface area (Å²) in [6.45, 7) is 2.41. The van der Waals surface area contributed by atoms with Crippen molar-refractivity contribution in [3.8, 4) is 0 Å². The number of hydrogen-bond acceptors (Lipinski definition) is 4. The highest BCUT2D eigenvalue weighted by Gasteiger charge is 2.13. The topological polar surface area (TPSA) is 52.2 Å². The Labute approximate surface area is 153 Å². The molecule has 0 unspecified atom stereocenters. The number of rotatable bonds is 4. The summed E-state index contributed by atoms with van der Waals surface area (Å²) >= 11 is 1.34. The van der Waals surface area contributed by atoms with Gasteiger partial charge in [-0.1, -0.05) is 41.6 Å². The molecule has 0 bridgehead atoms. The second-order valence-corrected chi connectivity index (χ2v) is 6.97. The van der Waals surface area contributed by atoms with Crippen molar-refractivity contribution in [2.24, 2.45) is 0 Å². The standard InChI is InChI=1S/C19H15FN4OS/c1-13-2-4-14(5-3-13)12-24-19(25)23-11-10-21-18(17(23)22-24)26-16-8-6-15(20)7-9-16/h2-11H,12H2,1H3. The largest absolute Gasteiger partial charge is 0.350 e. The van der Waals surface area contributed by atoms with Gasteiger partial charge >= 0.3 is 5.69 Å². The average molecular weight is 366 g/mol. The number of aromatic nitrogens is 4. The van der Waals surface area contributed by atoms with E-state index in [9.17, 15) is 9.18 Å². The molecule has 130 valence electrons. The van der Waals surface area contributed by atoms with Gasteiger partial charge in [0.2, 0.25) is 0 Å². The third kappa shape index (κ3) is 3.25. The van der Waals surface area contributed by atoms with Crippen molar-refractivity contribution >= 4 is 17.4 Å². The highest BCUT2D eigenvalue weighted by Crippen LogP contribution is 2.28. The van der Waals surface area contributed by atoms with Gasteiger partial charge in [0.05, 0.1) is 6.54 Å². The first kappa shape index (κ1) is 16.5. The summed E-state index contributed by atoms with van der Waals surface area (Å²) in [6.07, 6.45) is 3.17. The van der Waals surface area contributed by atoms with Gasteiger partial charge in [-0.3, -0.25) is 0 Å². The Balaban J connectivity index is 1.71. The van der Waals surface area contributed by atoms with Gasteiger partial charge in [-0.05, 0) is 36.8 Å². The highest BCUT2D eigenvalue weighted by atomic mass is 32.2. The van der Waals surface area contributed by atoms with Crippen LogP contribution in [0.3, 0.4) is 0 Å². The van der Waals surface area contributed by atoms with Crippen LogP contribution in [0.5, 0.6) is 0 Å². The van der Waals surface area contributed by atoms with Crippen LogP contribution in [0.2, 0.25) is 0 Å². The summed E-state index contributed by atoms with van der Waals surface area (Å²) in [6, 6.07) is 14.1. The van der Waals surface area contributed by atoms with Crippen LogP contribution in [0.25, 0.3) is 5.65 Å². The van der Waals surface area contributed by atoms with Crippen molar-refractivity contribution in [1.82, 2.24) is 19.2 Å². The molecule has 0 amide bonds. The van der Waals surface area contributed by atoms with Crippen molar-refractivity contribution in [3.05, 3.63) is 88.4 Å². The Bertz CT molecular complexity index is 1120. The molecular formula is C19H15FN4OS. The predicted octanol–water partition coefficient (Wildman–Crippen LogP) is 3.54. The number of benzene rings is 2. The third-order valence-corrected chi connectivity index (χ3v) is 4.94. The Morgan fingerprint density at radius 2 is 1.81 bits per heavy atom. The molecular weight excluding hydrogens is 351 g/mol. The Morgan fingerprint density at radius 1 is 1.08 bits per heavy atom. The fourth-order valence-corrected chi connectivity index (χ4v) is 3.42. The van der Waals surface area contributed by atoms with Gasteiger partial charge in [-0.25, -0.2) is 23.3 Å². The molecule has 0 fully saturated rings. The van der Waals surface area contributed by atoms with Crippen LogP contribution in [0, 0.1) is 12.7 Å². The molecule has 0 aliphatic carbocycles. The van der Waals surface area contributed by atoms with Crippen LogP contribution in [0.4, 0.5) is 4.39 Å². The molecule has 26 heavy (non-hydrogen) atoms. The van der Waals surface area contributed by atoms with Crippen LogP contribution < -0.4 is 5.69 Å². The summed E-state index contributed by atoms with van der Waals surface area (Å²) in [5.41, 5.74) is 2.43. The van der Waals surface area contributed by atoms with Gasteiger partial charge < -0.3 is 0 Å². The van der Waals surface area contributed by atoms with Gasteiger partial charge in [0.25, 0.3) is 0 Å². The smallest absolute Gasteiger partial charge is 0.246 e. The lowest BCUT2D eigenvalue weighted by Gasteiger charge is -2.01. The Morgan fingerprint density at radius 3 is 2.54 bits per heavy atom. The van der Waals surface area contributed by atoms with Crippen molar-refractivity contribution in [1.29, 1.82) is 0 Å².